The summed E-state index contributed by atoms with van der Waals surface area (Å²) in [6, 6.07) is 12.5. The van der Waals surface area contributed by atoms with Gasteiger partial charge >= 0.3 is 10.1 Å². The van der Waals surface area contributed by atoms with Gasteiger partial charge in [0.25, 0.3) is 0 Å². The smallest absolute Gasteiger partial charge is 0.342 e. The first-order chi connectivity index (χ1) is 9.04. The zero-order chi connectivity index (χ0) is 13.9. The SMILES string of the molecule is N#Cc1ccccc1OS(=O)(=O)c1ccccc1F. The summed E-state index contributed by atoms with van der Waals surface area (Å²) in [5, 5.41) is 8.84. The van der Waals surface area contributed by atoms with Crippen molar-refractivity contribution in [2.45, 2.75) is 4.90 Å². The van der Waals surface area contributed by atoms with Crippen LogP contribution in [0.4, 0.5) is 4.39 Å². The first-order valence-corrected chi connectivity index (χ1v) is 6.63. The Balaban J connectivity index is 2.44. The Morgan fingerprint density at radius 3 is 2.37 bits per heavy atom. The van der Waals surface area contributed by atoms with Crippen LogP contribution < -0.4 is 4.18 Å². The third-order valence-electron chi connectivity index (χ3n) is 2.31. The van der Waals surface area contributed by atoms with Crippen LogP contribution in [0.3, 0.4) is 0 Å². The second-order valence-electron chi connectivity index (χ2n) is 3.58. The fourth-order valence-electron chi connectivity index (χ4n) is 1.44. The van der Waals surface area contributed by atoms with Gasteiger partial charge in [0, 0.05) is 0 Å². The van der Waals surface area contributed by atoms with Gasteiger partial charge in [0.2, 0.25) is 0 Å². The van der Waals surface area contributed by atoms with Gasteiger partial charge in [-0.15, -0.1) is 0 Å². The van der Waals surface area contributed by atoms with Gasteiger partial charge < -0.3 is 4.18 Å². The summed E-state index contributed by atoms with van der Waals surface area (Å²) in [7, 11) is -4.30. The zero-order valence-corrected chi connectivity index (χ0v) is 10.4. The maximum atomic E-state index is 13.4. The van der Waals surface area contributed by atoms with Crippen molar-refractivity contribution >= 4 is 10.1 Å². The second-order valence-corrected chi connectivity index (χ2v) is 5.09. The Morgan fingerprint density at radius 1 is 1.05 bits per heavy atom. The van der Waals surface area contributed by atoms with Gasteiger partial charge in [0.1, 0.15) is 16.8 Å². The van der Waals surface area contributed by atoms with E-state index in [1.165, 1.54) is 30.3 Å². The molecule has 0 aromatic heterocycles. The zero-order valence-electron chi connectivity index (χ0n) is 9.58. The second kappa shape index (κ2) is 5.08. The Bertz CT molecular complexity index is 750. The molecule has 0 spiro atoms. The quantitative estimate of drug-likeness (QED) is 0.808. The highest BCUT2D eigenvalue weighted by atomic mass is 32.2. The Morgan fingerprint density at radius 2 is 1.68 bits per heavy atom. The van der Waals surface area contributed by atoms with E-state index >= 15 is 0 Å². The number of hydrogen-bond donors (Lipinski definition) is 0. The molecule has 0 unspecified atom stereocenters. The maximum absolute atomic E-state index is 13.4. The highest BCUT2D eigenvalue weighted by Crippen LogP contribution is 2.23. The topological polar surface area (TPSA) is 67.2 Å². The molecule has 0 bridgehead atoms. The molecule has 0 heterocycles. The average molecular weight is 277 g/mol. The van der Waals surface area contributed by atoms with Crippen LogP contribution in [0.5, 0.6) is 5.75 Å². The predicted molar refractivity (Wildman–Crippen MR) is 65.4 cm³/mol. The van der Waals surface area contributed by atoms with E-state index in [-0.39, 0.29) is 11.3 Å². The molecule has 0 radical (unpaired) electrons. The molecular formula is C13H8FNO3S. The molecule has 0 fully saturated rings. The lowest BCUT2D eigenvalue weighted by Crippen LogP contribution is -2.12. The van der Waals surface area contributed by atoms with Gasteiger partial charge in [0.05, 0.1) is 5.56 Å². The summed E-state index contributed by atoms with van der Waals surface area (Å²) < 4.78 is 42.1. The first-order valence-electron chi connectivity index (χ1n) is 5.23. The number of halogens is 1. The van der Waals surface area contributed by atoms with Crippen LogP contribution in [0.2, 0.25) is 0 Å². The highest BCUT2D eigenvalue weighted by molar-refractivity contribution is 7.87. The molecular weight excluding hydrogens is 269 g/mol. The molecule has 0 amide bonds. The van der Waals surface area contributed by atoms with Crippen molar-refractivity contribution in [2.75, 3.05) is 0 Å². The fourth-order valence-corrected chi connectivity index (χ4v) is 2.47. The molecule has 96 valence electrons. The van der Waals surface area contributed by atoms with Gasteiger partial charge in [-0.1, -0.05) is 24.3 Å². The number of benzene rings is 2. The number of nitrogens with zero attached hydrogens (tertiary/aromatic N) is 1. The summed E-state index contributed by atoms with van der Waals surface area (Å²) in [6.45, 7) is 0. The Hall–Kier alpha value is -2.39. The third kappa shape index (κ3) is 2.72. The van der Waals surface area contributed by atoms with Crippen LogP contribution >= 0.6 is 0 Å². The molecule has 0 N–H and O–H groups in total. The molecule has 0 aliphatic carbocycles. The van der Waals surface area contributed by atoms with Crippen molar-refractivity contribution in [1.29, 1.82) is 5.26 Å². The van der Waals surface area contributed by atoms with Crippen LogP contribution in [0.1, 0.15) is 5.56 Å². The van der Waals surface area contributed by atoms with Crippen molar-refractivity contribution < 1.29 is 17.0 Å². The van der Waals surface area contributed by atoms with Gasteiger partial charge in [-0.25, -0.2) is 4.39 Å². The molecule has 4 nitrogen and oxygen atoms in total. The van der Waals surface area contributed by atoms with Crippen LogP contribution in [0.25, 0.3) is 0 Å². The average Bonchev–Trinajstić information content (AvgIpc) is 2.39. The van der Waals surface area contributed by atoms with Gasteiger partial charge in [-0.05, 0) is 24.3 Å². The summed E-state index contributed by atoms with van der Waals surface area (Å²) in [4.78, 5) is -0.567. The van der Waals surface area contributed by atoms with Crippen LogP contribution in [-0.4, -0.2) is 8.42 Å². The number of nitriles is 1. The predicted octanol–water partition coefficient (Wildman–Crippen LogP) is 2.47. The lowest BCUT2D eigenvalue weighted by Gasteiger charge is -2.08. The molecule has 0 saturated carbocycles. The fraction of sp³-hybridized carbons (Fsp3) is 0. The first kappa shape index (κ1) is 13.1. The molecule has 0 atom stereocenters. The van der Waals surface area contributed by atoms with Crippen molar-refractivity contribution in [2.24, 2.45) is 0 Å². The van der Waals surface area contributed by atoms with Crippen LogP contribution in [0.15, 0.2) is 53.4 Å². The molecule has 0 aliphatic rings. The minimum atomic E-state index is -4.30. The van der Waals surface area contributed by atoms with Crippen molar-refractivity contribution in [3.63, 3.8) is 0 Å². The van der Waals surface area contributed by atoms with Gasteiger partial charge in [-0.3, -0.25) is 0 Å². The van der Waals surface area contributed by atoms with E-state index in [2.05, 4.69) is 0 Å². The lowest BCUT2D eigenvalue weighted by atomic mass is 10.2. The number of para-hydroxylation sites is 1. The molecule has 0 saturated heterocycles. The molecule has 0 aliphatic heterocycles. The van der Waals surface area contributed by atoms with E-state index in [0.717, 1.165) is 12.1 Å². The van der Waals surface area contributed by atoms with E-state index in [1.807, 2.05) is 0 Å². The van der Waals surface area contributed by atoms with E-state index in [0.29, 0.717) is 0 Å². The molecule has 6 heteroatoms. The molecule has 19 heavy (non-hydrogen) atoms. The number of rotatable bonds is 3. The third-order valence-corrected chi connectivity index (χ3v) is 3.58. The van der Waals surface area contributed by atoms with E-state index < -0.39 is 20.8 Å². The monoisotopic (exact) mass is 277 g/mol. The standard InChI is InChI=1S/C13H8FNO3S/c14-11-6-2-4-8-13(11)19(16,17)18-12-7-3-1-5-10(12)9-15/h1-8H. The van der Waals surface area contributed by atoms with E-state index in [9.17, 15) is 12.8 Å². The minimum absolute atomic E-state index is 0.0578. The largest absolute Gasteiger partial charge is 0.377 e. The van der Waals surface area contributed by atoms with Crippen molar-refractivity contribution in [3.05, 3.63) is 59.9 Å². The van der Waals surface area contributed by atoms with Crippen LogP contribution in [-0.2, 0) is 10.1 Å². The normalized spacial score (nSPS) is 10.7. The Labute approximate surface area is 109 Å². The lowest BCUT2D eigenvalue weighted by molar-refractivity contribution is 0.476. The number of hydrogen-bond acceptors (Lipinski definition) is 4. The van der Waals surface area contributed by atoms with E-state index in [4.69, 9.17) is 9.44 Å². The summed E-state index contributed by atoms with van der Waals surface area (Å²) in [5.41, 5.74) is 0.0578. The van der Waals surface area contributed by atoms with Crippen molar-refractivity contribution in [1.82, 2.24) is 0 Å². The van der Waals surface area contributed by atoms with Crippen molar-refractivity contribution in [3.8, 4) is 11.8 Å². The van der Waals surface area contributed by atoms with E-state index in [1.54, 1.807) is 12.1 Å². The minimum Gasteiger partial charge on any atom is -0.377 e. The summed E-state index contributed by atoms with van der Waals surface area (Å²) in [5.74, 6) is -1.04. The Kier molecular flexibility index (Phi) is 3.49. The van der Waals surface area contributed by atoms with Gasteiger partial charge in [0.15, 0.2) is 5.75 Å². The molecule has 2 aromatic rings. The highest BCUT2D eigenvalue weighted by Gasteiger charge is 2.22. The van der Waals surface area contributed by atoms with Gasteiger partial charge in [-0.2, -0.15) is 13.7 Å². The van der Waals surface area contributed by atoms with Crippen LogP contribution in [0, 0.1) is 17.1 Å². The molecule has 2 rings (SSSR count). The molecule has 2 aromatic carbocycles. The summed E-state index contributed by atoms with van der Waals surface area (Å²) in [6.07, 6.45) is 0. The maximum Gasteiger partial charge on any atom is 0.342 e. The summed E-state index contributed by atoms with van der Waals surface area (Å²) >= 11 is 0.